The summed E-state index contributed by atoms with van der Waals surface area (Å²) < 4.78 is 1.93. The predicted octanol–water partition coefficient (Wildman–Crippen LogP) is 3.72. The van der Waals surface area contributed by atoms with Crippen molar-refractivity contribution in [3.05, 3.63) is 65.3 Å². The van der Waals surface area contributed by atoms with E-state index < -0.39 is 0 Å². The second-order valence-electron chi connectivity index (χ2n) is 11.7. The number of anilines is 3. The van der Waals surface area contributed by atoms with Gasteiger partial charge in [-0.2, -0.15) is 4.98 Å². The lowest BCUT2D eigenvalue weighted by atomic mass is 10.1. The molecule has 13 nitrogen and oxygen atoms in total. The third kappa shape index (κ3) is 5.15. The molecule has 4 aromatic rings. The number of aromatic nitrogens is 6. The number of carbonyl (C=O) groups is 3. The molecule has 3 fully saturated rings. The first kappa shape index (κ1) is 26.9. The molecule has 2 unspecified atom stereocenters. The molecule has 13 heteroatoms. The van der Waals surface area contributed by atoms with E-state index in [9.17, 15) is 14.4 Å². The molecule has 1 aliphatic heterocycles. The summed E-state index contributed by atoms with van der Waals surface area (Å²) in [4.78, 5) is 63.5. The summed E-state index contributed by atoms with van der Waals surface area (Å²) in [6, 6.07) is 4.90. The summed E-state index contributed by atoms with van der Waals surface area (Å²) in [6.07, 6.45) is 8.60. The first-order valence-corrected chi connectivity index (χ1v) is 14.5. The van der Waals surface area contributed by atoms with E-state index in [1.165, 1.54) is 11.9 Å². The Hall–Kier alpha value is -4.94. The van der Waals surface area contributed by atoms with Gasteiger partial charge in [0.25, 0.3) is 0 Å². The molecule has 2 aliphatic carbocycles. The van der Waals surface area contributed by atoms with E-state index in [0.29, 0.717) is 47.0 Å². The summed E-state index contributed by atoms with van der Waals surface area (Å²) in [5.74, 6) is 1.36. The fourth-order valence-electron chi connectivity index (χ4n) is 5.55. The molecule has 43 heavy (non-hydrogen) atoms. The lowest BCUT2D eigenvalue weighted by Crippen LogP contribution is -2.30. The van der Waals surface area contributed by atoms with E-state index in [4.69, 9.17) is 4.98 Å². The topological polar surface area (TPSA) is 151 Å². The molecule has 2 N–H and O–H groups in total. The van der Waals surface area contributed by atoms with Gasteiger partial charge in [-0.05, 0) is 63.6 Å². The Morgan fingerprint density at radius 3 is 2.58 bits per heavy atom. The molecule has 3 atom stereocenters. The Morgan fingerprint density at radius 1 is 1.05 bits per heavy atom. The van der Waals surface area contributed by atoms with Gasteiger partial charge in [-0.1, -0.05) is 0 Å². The zero-order valence-corrected chi connectivity index (χ0v) is 24.4. The van der Waals surface area contributed by atoms with Gasteiger partial charge in [0.15, 0.2) is 5.65 Å². The van der Waals surface area contributed by atoms with Crippen LogP contribution in [0.15, 0.2) is 36.8 Å². The zero-order chi connectivity index (χ0) is 30.0. The number of hydrogen-bond donors (Lipinski definition) is 2. The van der Waals surface area contributed by atoms with Crippen LogP contribution in [0.4, 0.5) is 22.2 Å². The summed E-state index contributed by atoms with van der Waals surface area (Å²) in [7, 11) is 1.50. The van der Waals surface area contributed by atoms with Gasteiger partial charge in [0.2, 0.25) is 17.8 Å². The molecule has 0 aromatic carbocycles. The molecule has 1 saturated heterocycles. The van der Waals surface area contributed by atoms with Crippen molar-refractivity contribution < 1.29 is 14.4 Å². The second-order valence-corrected chi connectivity index (χ2v) is 11.7. The van der Waals surface area contributed by atoms with Crippen LogP contribution in [-0.2, 0) is 9.59 Å². The highest BCUT2D eigenvalue weighted by atomic mass is 16.2. The predicted molar refractivity (Wildman–Crippen MR) is 158 cm³/mol. The summed E-state index contributed by atoms with van der Waals surface area (Å²) >= 11 is 0. The van der Waals surface area contributed by atoms with Crippen molar-refractivity contribution >= 4 is 40.9 Å². The van der Waals surface area contributed by atoms with Gasteiger partial charge in [-0.3, -0.25) is 19.4 Å². The molecule has 4 amide bonds. The van der Waals surface area contributed by atoms with Crippen LogP contribution >= 0.6 is 0 Å². The van der Waals surface area contributed by atoms with Crippen LogP contribution in [-0.4, -0.2) is 65.7 Å². The Labute approximate surface area is 247 Å². The fraction of sp³-hybridized carbons (Fsp3) is 0.400. The molecule has 4 aromatic heterocycles. The van der Waals surface area contributed by atoms with Gasteiger partial charge in [-0.15, -0.1) is 0 Å². The largest absolute Gasteiger partial charge is 0.346 e. The third-order valence-corrected chi connectivity index (χ3v) is 8.26. The number of likely N-dealkylation sites (N-methyl/N-ethyl adjacent to an activating group) is 1. The van der Waals surface area contributed by atoms with Crippen LogP contribution in [0.2, 0.25) is 0 Å². The first-order valence-electron chi connectivity index (χ1n) is 14.5. The molecular formula is C30H32N10O3. The van der Waals surface area contributed by atoms with Crippen molar-refractivity contribution in [2.24, 2.45) is 5.92 Å². The van der Waals surface area contributed by atoms with Crippen molar-refractivity contribution in [2.45, 2.75) is 57.9 Å². The van der Waals surface area contributed by atoms with Crippen LogP contribution in [0, 0.1) is 19.8 Å². The molecule has 0 radical (unpaired) electrons. The Kier molecular flexibility index (Phi) is 6.33. The number of imide groups is 1. The lowest BCUT2D eigenvalue weighted by molar-refractivity contribution is -0.124. The number of pyridine rings is 1. The number of nitrogens with one attached hydrogen (secondary N) is 2. The summed E-state index contributed by atoms with van der Waals surface area (Å²) in [6.45, 7) is 5.69. The SMILES string of the molecule is Cc1cc(NC(=O)C2CC2c2nccc(C)n2)nc(N[C@H](C)c2cn3cc(C4CC4)cc(N4CC(=O)N(C)C4=O)c3n2)n1. The van der Waals surface area contributed by atoms with Gasteiger partial charge in [0, 0.05) is 54.9 Å². The minimum atomic E-state index is -0.359. The molecule has 7 rings (SSSR count). The molecule has 220 valence electrons. The van der Waals surface area contributed by atoms with Crippen molar-refractivity contribution in [1.29, 1.82) is 0 Å². The van der Waals surface area contributed by atoms with Crippen LogP contribution in [0.25, 0.3) is 5.65 Å². The summed E-state index contributed by atoms with van der Waals surface area (Å²) in [5, 5.41) is 6.24. The highest BCUT2D eigenvalue weighted by Crippen LogP contribution is 2.46. The number of amides is 4. The maximum absolute atomic E-state index is 13.0. The van der Waals surface area contributed by atoms with Gasteiger partial charge < -0.3 is 15.0 Å². The molecule has 0 bridgehead atoms. The van der Waals surface area contributed by atoms with Gasteiger partial charge >= 0.3 is 6.03 Å². The van der Waals surface area contributed by atoms with Crippen molar-refractivity contribution in [3.63, 3.8) is 0 Å². The Balaban J connectivity index is 1.10. The highest BCUT2D eigenvalue weighted by Gasteiger charge is 2.46. The number of rotatable bonds is 8. The van der Waals surface area contributed by atoms with E-state index in [1.807, 2.05) is 43.5 Å². The molecule has 3 aliphatic rings. The fourth-order valence-corrected chi connectivity index (χ4v) is 5.55. The van der Waals surface area contributed by atoms with Gasteiger partial charge in [0.05, 0.1) is 17.4 Å². The lowest BCUT2D eigenvalue weighted by Gasteiger charge is -2.17. The molecule has 5 heterocycles. The average Bonchev–Trinajstić information content (AvgIpc) is 3.89. The van der Waals surface area contributed by atoms with E-state index >= 15 is 0 Å². The normalized spacial score (nSPS) is 20.6. The monoisotopic (exact) mass is 580 g/mol. The Bertz CT molecular complexity index is 1800. The first-order chi connectivity index (χ1) is 20.6. The zero-order valence-electron chi connectivity index (χ0n) is 24.4. The standard InChI is InChI=1S/C30H32N10O3/c1-15-7-8-31-26(32-15)20-11-21(20)28(42)36-24-9-16(2)33-29(37-24)34-17(3)22-13-39-12-19(18-5-6-18)10-23(27(39)35-22)40-14-25(41)38(4)30(40)43/h7-10,12-13,17-18,20-21H,5-6,11,14H2,1-4H3,(H2,33,34,36,37,42)/t17-,20?,21?/m1/s1. The van der Waals surface area contributed by atoms with Crippen LogP contribution in [0.5, 0.6) is 0 Å². The number of fused-ring (bicyclic) bond motifs is 1. The maximum Gasteiger partial charge on any atom is 0.331 e. The van der Waals surface area contributed by atoms with Crippen molar-refractivity contribution in [1.82, 2.24) is 34.2 Å². The smallest absolute Gasteiger partial charge is 0.331 e. The van der Waals surface area contributed by atoms with E-state index in [1.54, 1.807) is 12.3 Å². The second kappa shape index (κ2) is 10.1. The van der Waals surface area contributed by atoms with Crippen molar-refractivity contribution in [2.75, 3.05) is 29.1 Å². The van der Waals surface area contributed by atoms with Crippen LogP contribution in [0.3, 0.4) is 0 Å². The molecule has 2 saturated carbocycles. The van der Waals surface area contributed by atoms with Gasteiger partial charge in [-0.25, -0.2) is 24.7 Å². The molecular weight excluding hydrogens is 548 g/mol. The Morgan fingerprint density at radius 2 is 1.86 bits per heavy atom. The van der Waals surface area contributed by atoms with Crippen LogP contribution in [0.1, 0.15) is 72.5 Å². The average molecular weight is 581 g/mol. The van der Waals surface area contributed by atoms with Gasteiger partial charge in [0.1, 0.15) is 18.2 Å². The number of hydrogen-bond acceptors (Lipinski definition) is 9. The third-order valence-electron chi connectivity index (χ3n) is 8.26. The number of carbonyl (C=O) groups excluding carboxylic acids is 3. The number of urea groups is 1. The number of nitrogens with zero attached hydrogens (tertiary/aromatic N) is 8. The maximum atomic E-state index is 13.0. The number of imidazole rings is 1. The number of aryl methyl sites for hydroxylation is 2. The van der Waals surface area contributed by atoms with E-state index in [0.717, 1.165) is 34.7 Å². The quantitative estimate of drug-likeness (QED) is 0.297. The van der Waals surface area contributed by atoms with E-state index in [2.05, 4.69) is 36.8 Å². The van der Waals surface area contributed by atoms with E-state index in [-0.39, 0.29) is 42.3 Å². The molecule has 0 spiro atoms. The highest BCUT2D eigenvalue weighted by molar-refractivity contribution is 6.13. The minimum absolute atomic E-state index is 0.00944. The van der Waals surface area contributed by atoms with Crippen LogP contribution < -0.4 is 15.5 Å². The van der Waals surface area contributed by atoms with Crippen molar-refractivity contribution in [3.8, 4) is 0 Å². The summed E-state index contributed by atoms with van der Waals surface area (Å²) in [5.41, 5.74) is 4.63. The minimum Gasteiger partial charge on any atom is -0.346 e.